The summed E-state index contributed by atoms with van der Waals surface area (Å²) in [4.78, 5) is 24.0. The van der Waals surface area contributed by atoms with Crippen molar-refractivity contribution in [2.75, 3.05) is 0 Å². The normalized spacial score (nSPS) is 20.2. The molecule has 0 saturated carbocycles. The van der Waals surface area contributed by atoms with Crippen LogP contribution in [0.2, 0.25) is 0 Å². The van der Waals surface area contributed by atoms with Crippen molar-refractivity contribution in [1.29, 1.82) is 0 Å². The third-order valence-electron chi connectivity index (χ3n) is 3.44. The molecule has 0 aromatic heterocycles. The average Bonchev–Trinajstić information content (AvgIpc) is 2.74. The molecule has 1 saturated heterocycles. The smallest absolute Gasteiger partial charge is 0.282 e. The Hall–Kier alpha value is -2.09. The second kappa shape index (κ2) is 5.36. The van der Waals surface area contributed by atoms with Gasteiger partial charge in [-0.2, -0.15) is 4.21 Å². The summed E-state index contributed by atoms with van der Waals surface area (Å²) in [6, 6.07) is 13.0. The fourth-order valence-electron chi connectivity index (χ4n) is 2.55. The van der Waals surface area contributed by atoms with Crippen molar-refractivity contribution < 1.29 is 22.6 Å². The fraction of sp³-hybridized carbons (Fsp3) is 0.143. The molecule has 7 heteroatoms. The van der Waals surface area contributed by atoms with Crippen molar-refractivity contribution in [3.8, 4) is 0 Å². The van der Waals surface area contributed by atoms with E-state index in [4.69, 9.17) is 4.55 Å². The Bertz CT molecular complexity index is 755. The molecule has 0 bridgehead atoms. The first kappa shape index (κ1) is 13.9. The number of fused-ring (bicyclic) bond motifs is 1. The zero-order chi connectivity index (χ0) is 15.0. The molecule has 0 aliphatic carbocycles. The first-order valence-electron chi connectivity index (χ1n) is 6.21. The summed E-state index contributed by atoms with van der Waals surface area (Å²) in [5, 5.41) is 2.21. The molecule has 2 aromatic carbocycles. The highest BCUT2D eigenvalue weighted by molar-refractivity contribution is 7.74. The third-order valence-corrected chi connectivity index (χ3v) is 3.72. The topological polar surface area (TPSA) is 83.9 Å². The monoisotopic (exact) mass is 305 g/mol. The molecule has 2 atom stereocenters. The van der Waals surface area contributed by atoms with Gasteiger partial charge in [0.25, 0.3) is 11.8 Å². The summed E-state index contributed by atoms with van der Waals surface area (Å²) in [6.45, 7) is 0. The lowest BCUT2D eigenvalue weighted by molar-refractivity contribution is -0.164. The van der Waals surface area contributed by atoms with Gasteiger partial charge in [-0.1, -0.05) is 42.5 Å². The lowest BCUT2D eigenvalue weighted by Crippen LogP contribution is -2.31. The van der Waals surface area contributed by atoms with Crippen LogP contribution >= 0.6 is 0 Å². The fourth-order valence-corrected chi connectivity index (χ4v) is 2.83. The van der Waals surface area contributed by atoms with Crippen LogP contribution in [0.3, 0.4) is 0 Å². The van der Waals surface area contributed by atoms with E-state index in [0.29, 0.717) is 10.6 Å². The number of carbonyl (C=O) groups excluding carboxylic acids is 2. The molecule has 0 radical (unpaired) electrons. The molecular weight excluding hydrogens is 294 g/mol. The highest BCUT2D eigenvalue weighted by Crippen LogP contribution is 2.34. The van der Waals surface area contributed by atoms with Gasteiger partial charge >= 0.3 is 11.4 Å². The molecule has 1 aliphatic heterocycles. The van der Waals surface area contributed by atoms with Crippen molar-refractivity contribution in [2.24, 2.45) is 0 Å². The highest BCUT2D eigenvalue weighted by atomic mass is 32.2. The van der Waals surface area contributed by atoms with E-state index in [-0.39, 0.29) is 6.42 Å². The van der Waals surface area contributed by atoms with Crippen molar-refractivity contribution in [1.82, 2.24) is 5.06 Å². The summed E-state index contributed by atoms with van der Waals surface area (Å²) in [5.41, 5.74) is 0.710. The second-order valence-electron chi connectivity index (χ2n) is 4.64. The van der Waals surface area contributed by atoms with Gasteiger partial charge in [0, 0.05) is 6.42 Å². The molecule has 1 N–H and O–H groups in total. The van der Waals surface area contributed by atoms with Gasteiger partial charge in [0.2, 0.25) is 0 Å². The maximum Gasteiger partial charge on any atom is 0.325 e. The number of benzene rings is 2. The molecule has 1 heterocycles. The Morgan fingerprint density at radius 2 is 1.86 bits per heavy atom. The van der Waals surface area contributed by atoms with E-state index in [9.17, 15) is 13.8 Å². The van der Waals surface area contributed by atoms with Crippen LogP contribution in [0, 0.1) is 0 Å². The van der Waals surface area contributed by atoms with Crippen molar-refractivity contribution in [3.05, 3.63) is 48.0 Å². The zero-order valence-electron chi connectivity index (χ0n) is 10.8. The van der Waals surface area contributed by atoms with Gasteiger partial charge in [-0.3, -0.25) is 14.1 Å². The molecule has 3 rings (SSSR count). The number of imide groups is 1. The predicted octanol–water partition coefficient (Wildman–Crippen LogP) is 1.75. The maximum absolute atomic E-state index is 12.2. The molecule has 6 nitrogen and oxygen atoms in total. The molecule has 2 aromatic rings. The molecule has 21 heavy (non-hydrogen) atoms. The average molecular weight is 305 g/mol. The summed E-state index contributed by atoms with van der Waals surface area (Å²) in [5.74, 6) is -1.95. The molecule has 1 aliphatic rings. The minimum Gasteiger partial charge on any atom is -0.282 e. The number of hydrogen-bond acceptors (Lipinski definition) is 4. The van der Waals surface area contributed by atoms with Crippen LogP contribution in [0.5, 0.6) is 0 Å². The number of hydroxylamine groups is 2. The number of amides is 2. The molecule has 2 unspecified atom stereocenters. The van der Waals surface area contributed by atoms with E-state index >= 15 is 0 Å². The van der Waals surface area contributed by atoms with Gasteiger partial charge in [-0.15, -0.1) is 9.35 Å². The summed E-state index contributed by atoms with van der Waals surface area (Å²) >= 11 is -2.71. The lowest BCUT2D eigenvalue weighted by Gasteiger charge is -2.12. The van der Waals surface area contributed by atoms with Crippen molar-refractivity contribution in [3.63, 3.8) is 0 Å². The standard InChI is InChI=1S/C14H11NO5S/c16-13-8-12(14(17)15(13)20-21(18)19)11-7-3-5-9-4-1-2-6-10(9)11/h1-7,12H,8H2,(H,18,19). The highest BCUT2D eigenvalue weighted by Gasteiger charge is 2.42. The van der Waals surface area contributed by atoms with Crippen LogP contribution in [0.4, 0.5) is 0 Å². The Balaban J connectivity index is 2.02. The number of rotatable bonds is 3. The summed E-state index contributed by atoms with van der Waals surface area (Å²) < 4.78 is 23.7. The first-order valence-corrected chi connectivity index (χ1v) is 7.25. The van der Waals surface area contributed by atoms with E-state index < -0.39 is 29.1 Å². The van der Waals surface area contributed by atoms with E-state index in [1.54, 1.807) is 6.07 Å². The van der Waals surface area contributed by atoms with Crippen molar-refractivity contribution in [2.45, 2.75) is 12.3 Å². The Morgan fingerprint density at radius 3 is 2.62 bits per heavy atom. The molecule has 1 fully saturated rings. The van der Waals surface area contributed by atoms with Gasteiger partial charge in [0.05, 0.1) is 5.92 Å². The zero-order valence-corrected chi connectivity index (χ0v) is 11.6. The summed E-state index contributed by atoms with van der Waals surface area (Å²) in [7, 11) is 0. The van der Waals surface area contributed by atoms with Gasteiger partial charge in [-0.25, -0.2) is 0 Å². The van der Waals surface area contributed by atoms with E-state index in [0.717, 1.165) is 10.8 Å². The van der Waals surface area contributed by atoms with Gasteiger partial charge in [0.1, 0.15) is 0 Å². The number of hydrogen-bond donors (Lipinski definition) is 1. The molecular formula is C14H11NO5S. The Kier molecular flexibility index (Phi) is 3.54. The quantitative estimate of drug-likeness (QED) is 0.690. The molecule has 2 amide bonds. The minimum absolute atomic E-state index is 0.0793. The Labute approximate surface area is 122 Å². The van der Waals surface area contributed by atoms with E-state index in [1.807, 2.05) is 36.4 Å². The van der Waals surface area contributed by atoms with Gasteiger partial charge in [0.15, 0.2) is 0 Å². The van der Waals surface area contributed by atoms with Crippen LogP contribution in [0.1, 0.15) is 17.9 Å². The largest absolute Gasteiger partial charge is 0.325 e. The van der Waals surface area contributed by atoms with E-state index in [2.05, 4.69) is 4.28 Å². The lowest BCUT2D eigenvalue weighted by atomic mass is 9.92. The minimum atomic E-state index is -2.71. The van der Waals surface area contributed by atoms with Crippen LogP contribution in [-0.2, 0) is 25.2 Å². The Morgan fingerprint density at radius 1 is 1.14 bits per heavy atom. The number of carbonyl (C=O) groups is 2. The van der Waals surface area contributed by atoms with Gasteiger partial charge in [-0.05, 0) is 16.3 Å². The van der Waals surface area contributed by atoms with Gasteiger partial charge < -0.3 is 0 Å². The molecule has 108 valence electrons. The maximum atomic E-state index is 12.2. The van der Waals surface area contributed by atoms with Crippen LogP contribution in [0.15, 0.2) is 42.5 Å². The molecule has 0 spiro atoms. The predicted molar refractivity (Wildman–Crippen MR) is 75.0 cm³/mol. The van der Waals surface area contributed by atoms with Crippen LogP contribution in [0.25, 0.3) is 10.8 Å². The van der Waals surface area contributed by atoms with Crippen LogP contribution < -0.4 is 0 Å². The van der Waals surface area contributed by atoms with E-state index in [1.165, 1.54) is 0 Å². The second-order valence-corrected chi connectivity index (χ2v) is 5.23. The van der Waals surface area contributed by atoms with Crippen molar-refractivity contribution >= 4 is 33.9 Å². The van der Waals surface area contributed by atoms with Crippen LogP contribution in [-0.4, -0.2) is 25.6 Å². The number of nitrogens with zero attached hydrogens (tertiary/aromatic N) is 1. The SMILES string of the molecule is O=C1CC(c2cccc3ccccc23)C(=O)N1OS(=O)O. The third kappa shape index (κ3) is 2.46. The summed E-state index contributed by atoms with van der Waals surface area (Å²) in [6.07, 6.45) is -0.0793. The first-order chi connectivity index (χ1) is 10.1.